The number of nitrogens with one attached hydrogen (secondary N) is 2. The number of fused-ring (bicyclic) bond motifs is 1. The van der Waals surface area contributed by atoms with Crippen LogP contribution in [0.4, 0.5) is 0 Å². The largest absolute Gasteiger partial charge is 0.493 e. The monoisotopic (exact) mass is 210 g/mol. The second-order valence-electron chi connectivity index (χ2n) is 2.83. The smallest absolute Gasteiger partial charge is 0.175 e. The summed E-state index contributed by atoms with van der Waals surface area (Å²) in [7, 11) is 3.20. The highest BCUT2D eigenvalue weighted by molar-refractivity contribution is 7.71. The van der Waals surface area contributed by atoms with E-state index < -0.39 is 0 Å². The molecule has 0 unspecified atom stereocenters. The molecule has 5 heteroatoms. The fourth-order valence-electron chi connectivity index (χ4n) is 1.36. The zero-order valence-electron chi connectivity index (χ0n) is 7.88. The molecule has 2 aromatic rings. The highest BCUT2D eigenvalue weighted by Gasteiger charge is 2.06. The van der Waals surface area contributed by atoms with Crippen LogP contribution in [-0.4, -0.2) is 24.2 Å². The van der Waals surface area contributed by atoms with Crippen LogP contribution in [0.2, 0.25) is 0 Å². The number of aromatic nitrogens is 2. The van der Waals surface area contributed by atoms with Crippen LogP contribution in [-0.2, 0) is 0 Å². The summed E-state index contributed by atoms with van der Waals surface area (Å²) < 4.78 is 10.9. The Bertz CT molecular complexity index is 471. The molecule has 2 N–H and O–H groups in total. The van der Waals surface area contributed by atoms with Gasteiger partial charge in [0.2, 0.25) is 0 Å². The van der Waals surface area contributed by atoms with Gasteiger partial charge in [-0.15, -0.1) is 0 Å². The Kier molecular flexibility index (Phi) is 2.17. The van der Waals surface area contributed by atoms with Crippen molar-refractivity contribution in [3.05, 3.63) is 16.9 Å². The second-order valence-corrected chi connectivity index (χ2v) is 3.24. The highest BCUT2D eigenvalue weighted by atomic mass is 32.1. The molecule has 1 heterocycles. The molecule has 0 amide bonds. The van der Waals surface area contributed by atoms with Crippen LogP contribution >= 0.6 is 12.2 Å². The average Bonchev–Trinajstić information content (AvgIpc) is 2.54. The van der Waals surface area contributed by atoms with Gasteiger partial charge in [-0.2, -0.15) is 0 Å². The van der Waals surface area contributed by atoms with Crippen molar-refractivity contribution >= 4 is 23.3 Å². The molecule has 2 rings (SSSR count). The molecule has 0 radical (unpaired) electrons. The lowest BCUT2D eigenvalue weighted by Crippen LogP contribution is -1.89. The predicted molar refractivity (Wildman–Crippen MR) is 56.6 cm³/mol. The van der Waals surface area contributed by atoms with E-state index >= 15 is 0 Å². The molecule has 0 fully saturated rings. The van der Waals surface area contributed by atoms with Gasteiger partial charge in [-0.3, -0.25) is 0 Å². The first-order valence-corrected chi connectivity index (χ1v) is 4.49. The Labute approximate surface area is 85.9 Å². The van der Waals surface area contributed by atoms with E-state index in [2.05, 4.69) is 9.97 Å². The summed E-state index contributed by atoms with van der Waals surface area (Å²) in [5.74, 6) is 1.37. The molecular weight excluding hydrogens is 200 g/mol. The number of methoxy groups -OCH3 is 2. The summed E-state index contributed by atoms with van der Waals surface area (Å²) in [4.78, 5) is 6.02. The van der Waals surface area contributed by atoms with Gasteiger partial charge in [-0.05, 0) is 12.2 Å². The van der Waals surface area contributed by atoms with Crippen molar-refractivity contribution in [2.75, 3.05) is 14.2 Å². The minimum Gasteiger partial charge on any atom is -0.493 e. The third kappa shape index (κ3) is 1.35. The topological polar surface area (TPSA) is 50.0 Å². The first kappa shape index (κ1) is 9.08. The molecule has 4 nitrogen and oxygen atoms in total. The Morgan fingerprint density at radius 1 is 1.00 bits per heavy atom. The summed E-state index contributed by atoms with van der Waals surface area (Å²) in [6, 6.07) is 3.70. The predicted octanol–water partition coefficient (Wildman–Crippen LogP) is 2.24. The van der Waals surface area contributed by atoms with E-state index in [4.69, 9.17) is 21.7 Å². The minimum absolute atomic E-state index is 0.593. The number of ether oxygens (including phenoxy) is 2. The van der Waals surface area contributed by atoms with E-state index in [-0.39, 0.29) is 0 Å². The molecule has 74 valence electrons. The van der Waals surface area contributed by atoms with E-state index in [0.717, 1.165) is 11.0 Å². The molecule has 0 aliphatic heterocycles. The van der Waals surface area contributed by atoms with Gasteiger partial charge < -0.3 is 19.4 Å². The maximum atomic E-state index is 5.16. The summed E-state index contributed by atoms with van der Waals surface area (Å²) in [6.07, 6.45) is 0. The first-order valence-electron chi connectivity index (χ1n) is 4.08. The molecule has 0 saturated carbocycles. The molecular formula is C9H10N2O2S. The third-order valence-electron chi connectivity index (χ3n) is 2.02. The molecule has 0 aliphatic rings. The lowest BCUT2D eigenvalue weighted by Gasteiger charge is -2.06. The average molecular weight is 210 g/mol. The maximum Gasteiger partial charge on any atom is 0.175 e. The van der Waals surface area contributed by atoms with Crippen LogP contribution in [0.15, 0.2) is 12.1 Å². The van der Waals surface area contributed by atoms with E-state index in [1.54, 1.807) is 14.2 Å². The van der Waals surface area contributed by atoms with Crippen molar-refractivity contribution in [1.82, 2.24) is 9.97 Å². The van der Waals surface area contributed by atoms with Crippen molar-refractivity contribution in [2.45, 2.75) is 0 Å². The quantitative estimate of drug-likeness (QED) is 0.747. The van der Waals surface area contributed by atoms with Crippen LogP contribution in [0.1, 0.15) is 0 Å². The zero-order chi connectivity index (χ0) is 10.1. The van der Waals surface area contributed by atoms with Gasteiger partial charge in [0.15, 0.2) is 16.3 Å². The Balaban J connectivity index is 2.74. The van der Waals surface area contributed by atoms with Crippen LogP contribution < -0.4 is 9.47 Å². The van der Waals surface area contributed by atoms with Gasteiger partial charge in [0.05, 0.1) is 25.3 Å². The molecule has 0 spiro atoms. The normalized spacial score (nSPS) is 10.4. The van der Waals surface area contributed by atoms with Crippen molar-refractivity contribution in [1.29, 1.82) is 0 Å². The Morgan fingerprint density at radius 2 is 1.43 bits per heavy atom. The van der Waals surface area contributed by atoms with E-state index in [9.17, 15) is 0 Å². The molecule has 0 bridgehead atoms. The summed E-state index contributed by atoms with van der Waals surface area (Å²) in [5.41, 5.74) is 1.82. The standard InChI is InChI=1S/C9H10N2O2S/c1-12-7-3-5-6(4-8(7)13-2)11-9(14)10-5/h3-4H,1-2H3,(H2,10,11,14). The van der Waals surface area contributed by atoms with Gasteiger partial charge in [0, 0.05) is 12.1 Å². The Hall–Kier alpha value is -1.49. The molecule has 0 aliphatic carbocycles. The fraction of sp³-hybridized carbons (Fsp3) is 0.222. The number of hydrogen-bond donors (Lipinski definition) is 2. The van der Waals surface area contributed by atoms with E-state index in [0.29, 0.717) is 16.3 Å². The van der Waals surface area contributed by atoms with Crippen LogP contribution in [0.5, 0.6) is 11.5 Å². The molecule has 0 saturated heterocycles. The van der Waals surface area contributed by atoms with Gasteiger partial charge in [0.25, 0.3) is 0 Å². The maximum absolute atomic E-state index is 5.16. The molecule has 14 heavy (non-hydrogen) atoms. The van der Waals surface area contributed by atoms with Gasteiger partial charge in [-0.1, -0.05) is 0 Å². The van der Waals surface area contributed by atoms with Crippen LogP contribution in [0.25, 0.3) is 11.0 Å². The molecule has 1 aromatic heterocycles. The SMILES string of the molecule is COc1cc2[nH]c(=S)[nH]c2cc1OC. The number of H-pyrrole nitrogens is 2. The summed E-state index contributed by atoms with van der Waals surface area (Å²) in [5, 5.41) is 0. The van der Waals surface area contributed by atoms with Crippen molar-refractivity contribution in [3.8, 4) is 11.5 Å². The first-order chi connectivity index (χ1) is 6.74. The number of rotatable bonds is 2. The Morgan fingerprint density at radius 3 is 1.79 bits per heavy atom. The lowest BCUT2D eigenvalue weighted by atomic mass is 10.3. The van der Waals surface area contributed by atoms with Crippen LogP contribution in [0.3, 0.4) is 0 Å². The number of imidazole rings is 1. The van der Waals surface area contributed by atoms with Crippen LogP contribution in [0, 0.1) is 4.77 Å². The van der Waals surface area contributed by atoms with Crippen molar-refractivity contribution in [2.24, 2.45) is 0 Å². The second kappa shape index (κ2) is 3.34. The molecule has 1 aromatic carbocycles. The summed E-state index contributed by atoms with van der Waals surface area (Å²) >= 11 is 4.98. The lowest BCUT2D eigenvalue weighted by molar-refractivity contribution is 0.356. The third-order valence-corrected chi connectivity index (χ3v) is 2.22. The number of hydrogen-bond acceptors (Lipinski definition) is 3. The van der Waals surface area contributed by atoms with E-state index in [1.165, 1.54) is 0 Å². The minimum atomic E-state index is 0.593. The highest BCUT2D eigenvalue weighted by Crippen LogP contribution is 2.30. The van der Waals surface area contributed by atoms with Gasteiger partial charge >= 0.3 is 0 Å². The summed E-state index contributed by atoms with van der Waals surface area (Å²) in [6.45, 7) is 0. The van der Waals surface area contributed by atoms with E-state index in [1.807, 2.05) is 12.1 Å². The van der Waals surface area contributed by atoms with Gasteiger partial charge in [-0.25, -0.2) is 0 Å². The number of benzene rings is 1. The van der Waals surface area contributed by atoms with Crippen molar-refractivity contribution < 1.29 is 9.47 Å². The van der Waals surface area contributed by atoms with Gasteiger partial charge in [0.1, 0.15) is 0 Å². The fourth-order valence-corrected chi connectivity index (χ4v) is 1.58. The number of aromatic amines is 2. The molecule has 0 atom stereocenters. The zero-order valence-corrected chi connectivity index (χ0v) is 8.70. The van der Waals surface area contributed by atoms with Crippen molar-refractivity contribution in [3.63, 3.8) is 0 Å².